The van der Waals surface area contributed by atoms with Gasteiger partial charge in [-0.15, -0.1) is 0 Å². The monoisotopic (exact) mass is 573 g/mol. The molecule has 0 radical (unpaired) electrons. The Morgan fingerprint density at radius 2 is 1.77 bits per heavy atom. The first-order valence-electron chi connectivity index (χ1n) is 7.60. The number of nitrogens with zero attached hydrogens (tertiary/aromatic N) is 1. The molecule has 5 nitrogen and oxygen atoms in total. The lowest BCUT2D eigenvalue weighted by atomic mass is 10.1. The fraction of sp³-hybridized carbons (Fsp3) is 0.105. The molecular weight excluding hydrogens is 560 g/mol. The Morgan fingerprint density at radius 1 is 1.15 bits per heavy atom. The molecule has 3 rings (SSSR count). The summed E-state index contributed by atoms with van der Waals surface area (Å²) in [5.74, 6) is -0.0610. The van der Waals surface area contributed by atoms with E-state index in [0.717, 1.165) is 23.8 Å². The van der Waals surface area contributed by atoms with E-state index >= 15 is 0 Å². The minimum absolute atomic E-state index is 0.229. The molecule has 0 bridgehead atoms. The maximum atomic E-state index is 12.1. The number of aryl methyl sites for hydroxylation is 1. The van der Waals surface area contributed by atoms with Gasteiger partial charge in [0.15, 0.2) is 11.4 Å². The molecule has 1 aliphatic rings. The van der Waals surface area contributed by atoms with E-state index in [2.05, 4.69) is 50.2 Å². The number of cyclic esters (lactones) is 1. The van der Waals surface area contributed by atoms with Crippen LogP contribution < -0.4 is 4.74 Å². The second kappa shape index (κ2) is 7.87. The van der Waals surface area contributed by atoms with Crippen LogP contribution in [-0.2, 0) is 14.3 Å². The molecule has 2 aromatic rings. The Bertz CT molecular complexity index is 939. The minimum atomic E-state index is -0.491. The predicted octanol–water partition coefficient (Wildman–Crippen LogP) is 4.47. The molecule has 0 aromatic heterocycles. The number of hydrogen-bond donors (Lipinski definition) is 0. The molecule has 0 saturated heterocycles. The van der Waals surface area contributed by atoms with Crippen LogP contribution in [0.1, 0.15) is 23.6 Å². The van der Waals surface area contributed by atoms with Gasteiger partial charge in [0.05, 0.1) is 7.14 Å². The van der Waals surface area contributed by atoms with Gasteiger partial charge >= 0.3 is 11.9 Å². The lowest BCUT2D eigenvalue weighted by Crippen LogP contribution is -2.05. The molecule has 0 unspecified atom stereocenters. The number of hydrogen-bond acceptors (Lipinski definition) is 5. The van der Waals surface area contributed by atoms with Crippen molar-refractivity contribution in [1.29, 1.82) is 0 Å². The fourth-order valence-electron chi connectivity index (χ4n) is 2.29. The van der Waals surface area contributed by atoms with Gasteiger partial charge in [0, 0.05) is 12.5 Å². The van der Waals surface area contributed by atoms with Crippen LogP contribution in [0.15, 0.2) is 47.1 Å². The van der Waals surface area contributed by atoms with Gasteiger partial charge in [-0.2, -0.15) is 0 Å². The molecule has 2 aromatic carbocycles. The van der Waals surface area contributed by atoms with Crippen LogP contribution in [0.4, 0.5) is 0 Å². The SMILES string of the molecule is CC(=O)Oc1c(I)cc(/C=C2\N=C(c3ccc(C)cc3)OC2=O)cc1I. The van der Waals surface area contributed by atoms with Gasteiger partial charge in [-0.3, -0.25) is 4.79 Å². The van der Waals surface area contributed by atoms with Gasteiger partial charge in [0.2, 0.25) is 5.90 Å². The highest BCUT2D eigenvalue weighted by Gasteiger charge is 2.24. The number of halogens is 2. The molecule has 0 spiro atoms. The Balaban J connectivity index is 1.93. The molecule has 0 fully saturated rings. The average Bonchev–Trinajstić information content (AvgIpc) is 2.92. The van der Waals surface area contributed by atoms with E-state index < -0.39 is 5.97 Å². The van der Waals surface area contributed by atoms with Gasteiger partial charge in [-0.1, -0.05) is 17.7 Å². The molecular formula is C19H13I2NO4. The Hall–Kier alpha value is -1.75. The van der Waals surface area contributed by atoms with E-state index in [-0.39, 0.29) is 11.7 Å². The van der Waals surface area contributed by atoms with Crippen molar-refractivity contribution >= 4 is 69.1 Å². The maximum Gasteiger partial charge on any atom is 0.363 e. The number of aliphatic imine (C=N–C) groups is 1. The second-order valence-electron chi connectivity index (χ2n) is 5.61. The third-order valence-corrected chi connectivity index (χ3v) is 5.09. The summed E-state index contributed by atoms with van der Waals surface area (Å²) in [4.78, 5) is 27.6. The van der Waals surface area contributed by atoms with Crippen molar-refractivity contribution in [3.05, 3.63) is 65.9 Å². The van der Waals surface area contributed by atoms with Gasteiger partial charge in [-0.25, -0.2) is 9.79 Å². The van der Waals surface area contributed by atoms with E-state index in [1.807, 2.05) is 43.3 Å². The summed E-state index contributed by atoms with van der Waals surface area (Å²) in [7, 11) is 0. The van der Waals surface area contributed by atoms with E-state index in [1.165, 1.54) is 6.92 Å². The highest BCUT2D eigenvalue weighted by Crippen LogP contribution is 2.30. The summed E-state index contributed by atoms with van der Waals surface area (Å²) in [5.41, 5.74) is 2.87. The lowest BCUT2D eigenvalue weighted by Gasteiger charge is -2.08. The van der Waals surface area contributed by atoms with Crippen molar-refractivity contribution in [2.24, 2.45) is 4.99 Å². The third kappa shape index (κ3) is 4.32. The van der Waals surface area contributed by atoms with E-state index in [0.29, 0.717) is 11.6 Å². The molecule has 7 heteroatoms. The number of esters is 2. The van der Waals surface area contributed by atoms with Crippen LogP contribution in [0.5, 0.6) is 5.75 Å². The molecule has 0 amide bonds. The first-order valence-corrected chi connectivity index (χ1v) is 9.76. The lowest BCUT2D eigenvalue weighted by molar-refractivity contribution is -0.132. The van der Waals surface area contributed by atoms with Crippen molar-refractivity contribution in [2.45, 2.75) is 13.8 Å². The topological polar surface area (TPSA) is 65.0 Å². The molecule has 0 atom stereocenters. The Kier molecular flexibility index (Phi) is 5.76. The highest BCUT2D eigenvalue weighted by molar-refractivity contribution is 14.1. The van der Waals surface area contributed by atoms with Crippen molar-refractivity contribution in [3.63, 3.8) is 0 Å². The zero-order chi connectivity index (χ0) is 18.8. The number of rotatable bonds is 3. The van der Waals surface area contributed by atoms with Crippen LogP contribution in [0.3, 0.4) is 0 Å². The van der Waals surface area contributed by atoms with Crippen molar-refractivity contribution in [2.75, 3.05) is 0 Å². The minimum Gasteiger partial charge on any atom is -0.424 e. The van der Waals surface area contributed by atoms with E-state index in [4.69, 9.17) is 9.47 Å². The molecule has 0 saturated carbocycles. The second-order valence-corrected chi connectivity index (χ2v) is 7.93. The van der Waals surface area contributed by atoms with Crippen molar-refractivity contribution in [3.8, 4) is 5.75 Å². The number of ether oxygens (including phenoxy) is 2. The molecule has 0 N–H and O–H groups in total. The number of carbonyl (C=O) groups is 2. The van der Waals surface area contributed by atoms with Gasteiger partial charge < -0.3 is 9.47 Å². The standard InChI is InChI=1S/C19H13I2NO4/c1-10-3-5-13(6-4-10)18-22-16(19(24)26-18)9-12-7-14(20)17(15(21)8-12)25-11(2)23/h3-9H,1-2H3/b16-9-. The molecule has 1 aliphatic heterocycles. The average molecular weight is 573 g/mol. The quantitative estimate of drug-likeness (QED) is 0.236. The molecule has 132 valence electrons. The van der Waals surface area contributed by atoms with Crippen LogP contribution in [0.2, 0.25) is 0 Å². The molecule has 1 heterocycles. The number of benzene rings is 2. The fourth-order valence-corrected chi connectivity index (χ4v) is 4.33. The van der Waals surface area contributed by atoms with E-state index in [9.17, 15) is 9.59 Å². The zero-order valence-corrected chi connectivity index (χ0v) is 18.2. The van der Waals surface area contributed by atoms with E-state index in [1.54, 1.807) is 6.08 Å². The van der Waals surface area contributed by atoms with Crippen molar-refractivity contribution in [1.82, 2.24) is 0 Å². The third-order valence-electron chi connectivity index (χ3n) is 3.49. The van der Waals surface area contributed by atoms with Crippen LogP contribution in [0, 0.1) is 14.1 Å². The maximum absolute atomic E-state index is 12.1. The van der Waals surface area contributed by atoms with Crippen molar-refractivity contribution < 1.29 is 19.1 Å². The van der Waals surface area contributed by atoms with Crippen LogP contribution in [-0.4, -0.2) is 17.8 Å². The summed E-state index contributed by atoms with van der Waals surface area (Å²) in [5, 5.41) is 0. The smallest absolute Gasteiger partial charge is 0.363 e. The van der Waals surface area contributed by atoms with Gasteiger partial charge in [-0.05, 0) is 88.0 Å². The zero-order valence-electron chi connectivity index (χ0n) is 13.9. The summed E-state index contributed by atoms with van der Waals surface area (Å²) in [6, 6.07) is 11.2. The first-order chi connectivity index (χ1) is 12.3. The summed E-state index contributed by atoms with van der Waals surface area (Å²) < 4.78 is 12.0. The Labute approximate surface area is 177 Å². The van der Waals surface area contributed by atoms with Gasteiger partial charge in [0.1, 0.15) is 0 Å². The molecule has 0 aliphatic carbocycles. The van der Waals surface area contributed by atoms with Gasteiger partial charge in [0.25, 0.3) is 0 Å². The van der Waals surface area contributed by atoms with Crippen LogP contribution >= 0.6 is 45.2 Å². The first kappa shape index (κ1) is 19.0. The molecule has 26 heavy (non-hydrogen) atoms. The highest BCUT2D eigenvalue weighted by atomic mass is 127. The number of carbonyl (C=O) groups excluding carboxylic acids is 2. The van der Waals surface area contributed by atoms with Crippen LogP contribution in [0.25, 0.3) is 6.08 Å². The summed E-state index contributed by atoms with van der Waals surface area (Å²) >= 11 is 4.18. The summed E-state index contributed by atoms with van der Waals surface area (Å²) in [6.07, 6.45) is 1.66. The summed E-state index contributed by atoms with van der Waals surface area (Å²) in [6.45, 7) is 3.35. The Morgan fingerprint density at radius 3 is 2.35 bits per heavy atom. The largest absolute Gasteiger partial charge is 0.424 e. The normalized spacial score (nSPS) is 15.0. The predicted molar refractivity (Wildman–Crippen MR) is 115 cm³/mol.